The normalized spacial score (nSPS) is 11.1. The summed E-state index contributed by atoms with van der Waals surface area (Å²) in [6.45, 7) is 3.61. The highest BCUT2D eigenvalue weighted by atomic mass is 16.1. The first kappa shape index (κ1) is 21.0. The van der Waals surface area contributed by atoms with Gasteiger partial charge < -0.3 is 9.88 Å². The monoisotopic (exact) mass is 397 g/mol. The van der Waals surface area contributed by atoms with Crippen molar-refractivity contribution in [1.29, 1.82) is 0 Å². The molecule has 142 valence electrons. The van der Waals surface area contributed by atoms with E-state index in [1.54, 1.807) is 31.6 Å². The van der Waals surface area contributed by atoms with Crippen molar-refractivity contribution in [3.63, 3.8) is 0 Å². The summed E-state index contributed by atoms with van der Waals surface area (Å²) in [4.78, 5) is 26.0. The Labute approximate surface area is 185 Å². The predicted molar refractivity (Wildman–Crippen MR) is 127 cm³/mol. The lowest BCUT2D eigenvalue weighted by molar-refractivity contribution is 0.102. The molecule has 0 spiro atoms. The van der Waals surface area contributed by atoms with Crippen LogP contribution in [0, 0.1) is 13.8 Å². The van der Waals surface area contributed by atoms with Crippen LogP contribution in [0.5, 0.6) is 0 Å². The fourth-order valence-electron chi connectivity index (χ4n) is 3.37. The van der Waals surface area contributed by atoms with Crippen LogP contribution >= 0.6 is 0 Å². The zero-order valence-corrected chi connectivity index (χ0v) is 17.4. The van der Waals surface area contributed by atoms with Gasteiger partial charge in [-0.05, 0) is 31.4 Å². The first-order valence-corrected chi connectivity index (χ1v) is 9.47. The average molecular weight is 397 g/mol. The summed E-state index contributed by atoms with van der Waals surface area (Å²) in [6.07, 6.45) is 5.12. The van der Waals surface area contributed by atoms with Crippen molar-refractivity contribution < 1.29 is 4.79 Å². The third kappa shape index (κ3) is 3.56. The number of amides is 1. The topological polar surface area (TPSA) is 72.7 Å². The molecule has 4 rings (SSSR count). The van der Waals surface area contributed by atoms with E-state index in [2.05, 4.69) is 20.3 Å². The maximum Gasteiger partial charge on any atom is 0.255 e. The largest absolute Gasteiger partial charge is 0.330 e. The molecule has 8 radical (unpaired) electrons. The first-order chi connectivity index (χ1) is 14.7. The van der Waals surface area contributed by atoms with Crippen LogP contribution in [0.4, 0.5) is 5.82 Å². The third-order valence-electron chi connectivity index (χ3n) is 5.48. The van der Waals surface area contributed by atoms with Gasteiger partial charge in [-0.25, -0.2) is 9.97 Å². The molecule has 1 amide bonds. The molecule has 0 aliphatic rings. The Morgan fingerprint density at radius 1 is 0.871 bits per heavy atom. The van der Waals surface area contributed by atoms with Crippen molar-refractivity contribution in [2.24, 2.45) is 7.05 Å². The molecule has 0 unspecified atom stereocenters. The number of nitrogens with one attached hydrogen (secondary N) is 1. The molecule has 3 aromatic heterocycles. The van der Waals surface area contributed by atoms with Crippen LogP contribution in [0.15, 0.2) is 30.7 Å². The molecule has 31 heavy (non-hydrogen) atoms. The molecule has 4 aromatic rings. The zero-order chi connectivity index (χ0) is 22.4. The minimum Gasteiger partial charge on any atom is -0.330 e. The van der Waals surface area contributed by atoms with Crippen LogP contribution in [-0.2, 0) is 7.05 Å². The highest BCUT2D eigenvalue weighted by Crippen LogP contribution is 2.23. The number of carbonyl (C=O) groups is 1. The molecule has 0 aliphatic carbocycles. The van der Waals surface area contributed by atoms with E-state index in [9.17, 15) is 4.79 Å². The molecular weight excluding hydrogens is 382 g/mol. The molecule has 0 saturated carbocycles. The highest BCUT2D eigenvalue weighted by molar-refractivity contribution is 6.60. The molecule has 0 saturated heterocycles. The van der Waals surface area contributed by atoms with Gasteiger partial charge in [0.2, 0.25) is 0 Å². The number of imidazole rings is 1. The minimum absolute atomic E-state index is 0.0308. The smallest absolute Gasteiger partial charge is 0.255 e. The van der Waals surface area contributed by atoms with Crippen LogP contribution in [-0.4, -0.2) is 56.8 Å². The van der Waals surface area contributed by atoms with Crippen molar-refractivity contribution in [1.82, 2.24) is 19.5 Å². The number of fused-ring (bicyclic) bond motifs is 1. The van der Waals surface area contributed by atoms with E-state index < -0.39 is 5.91 Å². The second kappa shape index (κ2) is 7.76. The standard InChI is InChI=1S/C21H15B4N5O/c1-9-17(22)19(24)16(20(25)18(9)23)21(31)29-15-5-11-4-13(27-6-12(11)7-28-15)14-8-26-10(2)30(14)3/h4-8H,1-3H3,(H,28,29,31). The molecule has 1 aromatic carbocycles. The van der Waals surface area contributed by atoms with Gasteiger partial charge in [0.05, 0.1) is 17.6 Å². The number of hydrogen-bond acceptors (Lipinski definition) is 4. The number of pyridine rings is 2. The lowest BCUT2D eigenvalue weighted by Gasteiger charge is -2.19. The number of anilines is 1. The Kier molecular flexibility index (Phi) is 5.25. The van der Waals surface area contributed by atoms with Gasteiger partial charge in [-0.2, -0.15) is 0 Å². The Morgan fingerprint density at radius 3 is 2.13 bits per heavy atom. The molecule has 0 fully saturated rings. The molecular formula is C21H15B4N5O. The minimum atomic E-state index is -0.545. The number of nitrogens with zero attached hydrogens (tertiary/aromatic N) is 4. The van der Waals surface area contributed by atoms with Crippen molar-refractivity contribution in [3.8, 4) is 11.4 Å². The molecule has 6 nitrogen and oxygen atoms in total. The maximum atomic E-state index is 12.9. The lowest BCUT2D eigenvalue weighted by Crippen LogP contribution is -2.49. The third-order valence-corrected chi connectivity index (χ3v) is 5.48. The van der Waals surface area contributed by atoms with Gasteiger partial charge in [0, 0.05) is 30.4 Å². The van der Waals surface area contributed by atoms with E-state index in [4.69, 9.17) is 31.4 Å². The van der Waals surface area contributed by atoms with Crippen molar-refractivity contribution in [3.05, 3.63) is 47.7 Å². The van der Waals surface area contributed by atoms with Crippen molar-refractivity contribution in [2.45, 2.75) is 13.8 Å². The number of hydrogen-bond donors (Lipinski definition) is 1. The van der Waals surface area contributed by atoms with Gasteiger partial charge in [-0.1, -0.05) is 16.5 Å². The van der Waals surface area contributed by atoms with Crippen LogP contribution in [0.2, 0.25) is 0 Å². The number of aromatic nitrogens is 4. The predicted octanol–water partition coefficient (Wildman–Crippen LogP) is -0.925. The van der Waals surface area contributed by atoms with Gasteiger partial charge in [0.25, 0.3) is 5.91 Å². The molecule has 0 aliphatic heterocycles. The fraction of sp³-hybridized carbons (Fsp3) is 0.143. The Bertz CT molecular complexity index is 1340. The van der Waals surface area contributed by atoms with E-state index in [1.165, 1.54) is 0 Å². The van der Waals surface area contributed by atoms with Crippen LogP contribution in [0.1, 0.15) is 21.7 Å². The maximum absolute atomic E-state index is 12.9. The molecule has 0 atom stereocenters. The van der Waals surface area contributed by atoms with Gasteiger partial charge in [0.15, 0.2) is 0 Å². The number of rotatable bonds is 3. The van der Waals surface area contributed by atoms with Crippen LogP contribution < -0.4 is 27.2 Å². The Morgan fingerprint density at radius 2 is 1.52 bits per heavy atom. The Hall–Kier alpha value is -3.28. The van der Waals surface area contributed by atoms with Gasteiger partial charge in [-0.15, -0.1) is 10.9 Å². The lowest BCUT2D eigenvalue weighted by atomic mass is 9.64. The SMILES string of the molecule is [B]c1c([B])c(C(=O)Nc2cc3cc(-c4cnc(C)n4C)ncc3cn2)c([B])c([B])c1C. The van der Waals surface area contributed by atoms with E-state index in [0.717, 1.165) is 28.0 Å². The van der Waals surface area contributed by atoms with E-state index in [1.807, 2.05) is 24.6 Å². The summed E-state index contributed by atoms with van der Waals surface area (Å²) in [5.74, 6) is 0.663. The fourth-order valence-corrected chi connectivity index (χ4v) is 3.37. The zero-order valence-electron chi connectivity index (χ0n) is 17.4. The molecule has 10 heteroatoms. The Balaban J connectivity index is 1.71. The van der Waals surface area contributed by atoms with Gasteiger partial charge in [-0.3, -0.25) is 9.78 Å². The second-order valence-corrected chi connectivity index (χ2v) is 7.34. The number of carbonyl (C=O) groups excluding carboxylic acids is 1. The number of aryl methyl sites for hydroxylation is 1. The van der Waals surface area contributed by atoms with Crippen LogP contribution in [0.25, 0.3) is 22.2 Å². The summed E-state index contributed by atoms with van der Waals surface area (Å²) in [7, 11) is 26.0. The van der Waals surface area contributed by atoms with Crippen LogP contribution in [0.3, 0.4) is 0 Å². The summed E-state index contributed by atoms with van der Waals surface area (Å²) < 4.78 is 1.95. The molecule has 1 N–H and O–H groups in total. The van der Waals surface area contributed by atoms with Crippen molar-refractivity contribution >= 4 is 75.7 Å². The van der Waals surface area contributed by atoms with Crippen molar-refractivity contribution in [2.75, 3.05) is 5.32 Å². The average Bonchev–Trinajstić information content (AvgIpc) is 3.09. The first-order valence-electron chi connectivity index (χ1n) is 9.47. The van der Waals surface area contributed by atoms with Gasteiger partial charge in [0.1, 0.15) is 43.0 Å². The molecule has 0 bridgehead atoms. The van der Waals surface area contributed by atoms with Gasteiger partial charge >= 0.3 is 0 Å². The van der Waals surface area contributed by atoms with E-state index in [0.29, 0.717) is 11.4 Å². The highest BCUT2D eigenvalue weighted by Gasteiger charge is 2.17. The van der Waals surface area contributed by atoms with E-state index >= 15 is 0 Å². The summed E-state index contributed by atoms with van der Waals surface area (Å²) >= 11 is 0. The summed E-state index contributed by atoms with van der Waals surface area (Å²) in [5, 5.41) is 4.39. The summed E-state index contributed by atoms with van der Waals surface area (Å²) in [6, 6.07) is 3.66. The van der Waals surface area contributed by atoms with E-state index in [-0.39, 0.29) is 27.4 Å². The number of benzene rings is 1. The second-order valence-electron chi connectivity index (χ2n) is 7.34. The quantitative estimate of drug-likeness (QED) is 0.455. The molecule has 3 heterocycles. The summed E-state index contributed by atoms with van der Waals surface area (Å²) in [5.41, 5.74) is 2.83.